The maximum absolute atomic E-state index is 5.52. The molecule has 1 aliphatic heterocycles. The number of benzene rings is 1. The molecule has 0 amide bonds. The first-order chi connectivity index (χ1) is 7.79. The van der Waals surface area contributed by atoms with Crippen molar-refractivity contribution in [1.29, 1.82) is 0 Å². The number of rotatable bonds is 3. The first-order valence-corrected chi connectivity index (χ1v) is 6.04. The molecular formula is C11H13N3OS. The molecule has 0 spiro atoms. The Morgan fingerprint density at radius 2 is 2.06 bits per heavy atom. The second-order valence-corrected chi connectivity index (χ2v) is 4.23. The molecule has 0 atom stereocenters. The Morgan fingerprint density at radius 1 is 1.31 bits per heavy atom. The van der Waals surface area contributed by atoms with Crippen LogP contribution < -0.4 is 10.5 Å². The zero-order valence-electron chi connectivity index (χ0n) is 9.01. The normalized spacial score (nSPS) is 15.3. The SMILES string of the molecule is CCOc1ccc(C2=NN=C(N)SC2)cc1. The van der Waals surface area contributed by atoms with Gasteiger partial charge in [-0.25, -0.2) is 0 Å². The van der Waals surface area contributed by atoms with E-state index in [1.807, 2.05) is 31.2 Å². The molecule has 1 heterocycles. The Balaban J connectivity index is 2.16. The maximum atomic E-state index is 5.52. The molecule has 5 heteroatoms. The summed E-state index contributed by atoms with van der Waals surface area (Å²) in [6.45, 7) is 2.64. The van der Waals surface area contributed by atoms with E-state index in [0.29, 0.717) is 11.8 Å². The van der Waals surface area contributed by atoms with Gasteiger partial charge in [-0.2, -0.15) is 5.10 Å². The Kier molecular flexibility index (Phi) is 3.46. The van der Waals surface area contributed by atoms with Gasteiger partial charge in [0.2, 0.25) is 0 Å². The van der Waals surface area contributed by atoms with Crippen molar-refractivity contribution in [2.45, 2.75) is 6.92 Å². The lowest BCUT2D eigenvalue weighted by atomic mass is 10.1. The molecule has 0 fully saturated rings. The minimum atomic E-state index is 0.523. The Labute approximate surface area is 98.6 Å². The molecule has 0 saturated carbocycles. The van der Waals surface area contributed by atoms with Crippen molar-refractivity contribution in [3.05, 3.63) is 29.8 Å². The summed E-state index contributed by atoms with van der Waals surface area (Å²) in [4.78, 5) is 0. The third kappa shape index (κ3) is 2.55. The molecular weight excluding hydrogens is 222 g/mol. The molecule has 0 aliphatic carbocycles. The van der Waals surface area contributed by atoms with Crippen molar-refractivity contribution in [1.82, 2.24) is 0 Å². The predicted octanol–water partition coefficient (Wildman–Crippen LogP) is 1.85. The molecule has 0 saturated heterocycles. The van der Waals surface area contributed by atoms with E-state index in [0.717, 1.165) is 22.8 Å². The minimum Gasteiger partial charge on any atom is -0.494 e. The first-order valence-electron chi connectivity index (χ1n) is 5.05. The van der Waals surface area contributed by atoms with Crippen molar-refractivity contribution in [2.75, 3.05) is 12.4 Å². The van der Waals surface area contributed by atoms with Crippen LogP contribution in [0, 0.1) is 0 Å². The smallest absolute Gasteiger partial charge is 0.180 e. The molecule has 1 aliphatic rings. The zero-order chi connectivity index (χ0) is 11.4. The van der Waals surface area contributed by atoms with Crippen LogP contribution in [0.2, 0.25) is 0 Å². The maximum Gasteiger partial charge on any atom is 0.180 e. The Hall–Kier alpha value is -1.49. The summed E-state index contributed by atoms with van der Waals surface area (Å²) in [6.07, 6.45) is 0. The summed E-state index contributed by atoms with van der Waals surface area (Å²) in [5, 5.41) is 8.46. The molecule has 2 N–H and O–H groups in total. The largest absolute Gasteiger partial charge is 0.494 e. The van der Waals surface area contributed by atoms with Crippen LogP contribution in [0.15, 0.2) is 34.5 Å². The molecule has 0 bridgehead atoms. The minimum absolute atomic E-state index is 0.523. The molecule has 0 aromatic heterocycles. The fourth-order valence-electron chi connectivity index (χ4n) is 1.36. The number of ether oxygens (including phenoxy) is 1. The van der Waals surface area contributed by atoms with E-state index in [-0.39, 0.29) is 0 Å². The molecule has 4 nitrogen and oxygen atoms in total. The van der Waals surface area contributed by atoms with E-state index >= 15 is 0 Å². The monoisotopic (exact) mass is 235 g/mol. The summed E-state index contributed by atoms with van der Waals surface area (Å²) in [5.41, 5.74) is 7.53. The number of amidine groups is 1. The van der Waals surface area contributed by atoms with Crippen LogP contribution in [0.5, 0.6) is 5.75 Å². The van der Waals surface area contributed by atoms with Gasteiger partial charge in [-0.15, -0.1) is 5.10 Å². The summed E-state index contributed by atoms with van der Waals surface area (Å²) in [7, 11) is 0. The van der Waals surface area contributed by atoms with Crippen LogP contribution in [0.1, 0.15) is 12.5 Å². The fourth-order valence-corrected chi connectivity index (χ4v) is 1.97. The lowest BCUT2D eigenvalue weighted by Gasteiger charge is -2.09. The molecule has 0 unspecified atom stereocenters. The van der Waals surface area contributed by atoms with E-state index in [2.05, 4.69) is 10.2 Å². The summed E-state index contributed by atoms with van der Waals surface area (Å²) < 4.78 is 5.37. The van der Waals surface area contributed by atoms with Crippen LogP contribution in [-0.2, 0) is 0 Å². The molecule has 84 valence electrons. The van der Waals surface area contributed by atoms with E-state index in [4.69, 9.17) is 10.5 Å². The molecule has 0 radical (unpaired) electrons. The molecule has 1 aromatic rings. The third-order valence-electron chi connectivity index (χ3n) is 2.12. The summed E-state index contributed by atoms with van der Waals surface area (Å²) in [6, 6.07) is 7.85. The highest BCUT2D eigenvalue weighted by molar-refractivity contribution is 8.14. The number of nitrogens with zero attached hydrogens (tertiary/aromatic N) is 2. The predicted molar refractivity (Wildman–Crippen MR) is 68.2 cm³/mol. The van der Waals surface area contributed by atoms with Crippen molar-refractivity contribution in [3.8, 4) is 5.75 Å². The Bertz CT molecular complexity index is 425. The van der Waals surface area contributed by atoms with Gasteiger partial charge in [-0.1, -0.05) is 11.8 Å². The number of nitrogens with two attached hydrogens (primary N) is 1. The van der Waals surface area contributed by atoms with E-state index in [9.17, 15) is 0 Å². The fraction of sp³-hybridized carbons (Fsp3) is 0.273. The van der Waals surface area contributed by atoms with Gasteiger partial charge in [0.05, 0.1) is 12.3 Å². The average Bonchev–Trinajstić information content (AvgIpc) is 2.32. The van der Waals surface area contributed by atoms with Gasteiger partial charge in [-0.05, 0) is 36.8 Å². The number of thioether (sulfide) groups is 1. The van der Waals surface area contributed by atoms with Gasteiger partial charge in [-0.3, -0.25) is 0 Å². The van der Waals surface area contributed by atoms with E-state index < -0.39 is 0 Å². The van der Waals surface area contributed by atoms with E-state index in [1.54, 1.807) is 0 Å². The zero-order valence-corrected chi connectivity index (χ0v) is 9.83. The van der Waals surface area contributed by atoms with Crippen LogP contribution in [0.3, 0.4) is 0 Å². The van der Waals surface area contributed by atoms with Gasteiger partial charge >= 0.3 is 0 Å². The average molecular weight is 235 g/mol. The van der Waals surface area contributed by atoms with Crippen molar-refractivity contribution in [3.63, 3.8) is 0 Å². The van der Waals surface area contributed by atoms with Gasteiger partial charge in [0.1, 0.15) is 5.75 Å². The van der Waals surface area contributed by atoms with E-state index in [1.165, 1.54) is 11.8 Å². The highest BCUT2D eigenvalue weighted by Crippen LogP contribution is 2.17. The summed E-state index contributed by atoms with van der Waals surface area (Å²) in [5.74, 6) is 1.64. The van der Waals surface area contributed by atoms with Crippen molar-refractivity contribution in [2.24, 2.45) is 15.9 Å². The van der Waals surface area contributed by atoms with Crippen LogP contribution in [-0.4, -0.2) is 23.2 Å². The lowest BCUT2D eigenvalue weighted by molar-refractivity contribution is 0.340. The number of hydrogen-bond acceptors (Lipinski definition) is 5. The lowest BCUT2D eigenvalue weighted by Crippen LogP contribution is -2.16. The van der Waals surface area contributed by atoms with Gasteiger partial charge in [0.15, 0.2) is 5.17 Å². The van der Waals surface area contributed by atoms with Gasteiger partial charge in [0.25, 0.3) is 0 Å². The van der Waals surface area contributed by atoms with Gasteiger partial charge < -0.3 is 10.5 Å². The standard InChI is InChI=1S/C11H13N3OS/c1-2-15-9-5-3-8(4-6-9)10-7-16-11(12)14-13-10/h3-6H,2,7H2,1H3,(H2,12,14). The van der Waals surface area contributed by atoms with Gasteiger partial charge in [0, 0.05) is 5.75 Å². The highest BCUT2D eigenvalue weighted by atomic mass is 32.2. The van der Waals surface area contributed by atoms with Crippen LogP contribution in [0.4, 0.5) is 0 Å². The van der Waals surface area contributed by atoms with Crippen LogP contribution in [0.25, 0.3) is 0 Å². The highest BCUT2D eigenvalue weighted by Gasteiger charge is 2.09. The molecule has 16 heavy (non-hydrogen) atoms. The Morgan fingerprint density at radius 3 is 2.62 bits per heavy atom. The second-order valence-electron chi connectivity index (χ2n) is 3.23. The van der Waals surface area contributed by atoms with Crippen LogP contribution >= 0.6 is 11.8 Å². The van der Waals surface area contributed by atoms with Crippen molar-refractivity contribution >= 4 is 22.6 Å². The third-order valence-corrected chi connectivity index (χ3v) is 2.92. The number of hydrogen-bond donors (Lipinski definition) is 1. The second kappa shape index (κ2) is 5.03. The summed E-state index contributed by atoms with van der Waals surface area (Å²) >= 11 is 1.50. The topological polar surface area (TPSA) is 60.0 Å². The first kappa shape index (κ1) is 11.0. The van der Waals surface area contributed by atoms with Crippen molar-refractivity contribution < 1.29 is 4.74 Å². The molecule has 2 rings (SSSR count). The molecule has 1 aromatic carbocycles. The quantitative estimate of drug-likeness (QED) is 0.869.